The van der Waals surface area contributed by atoms with Gasteiger partial charge in [0.25, 0.3) is 23.6 Å². The first kappa shape index (κ1) is 80.0. The number of carbonyl (C=O) groups is 8. The molecular formula is C70H95ClN14O17. The van der Waals surface area contributed by atoms with E-state index in [0.717, 1.165) is 34.5 Å². The number of aryl methyl sites for hydroxylation is 3. The summed E-state index contributed by atoms with van der Waals surface area (Å²) in [7, 11) is 4.80. The van der Waals surface area contributed by atoms with E-state index in [-0.39, 0.29) is 92.0 Å². The van der Waals surface area contributed by atoms with Crippen LogP contribution in [0.25, 0.3) is 11.1 Å². The number of hydrogen-bond acceptors (Lipinski definition) is 20. The van der Waals surface area contributed by atoms with Crippen LogP contribution in [0.5, 0.6) is 0 Å². The van der Waals surface area contributed by atoms with Crippen LogP contribution in [-0.4, -0.2) is 215 Å². The Balaban J connectivity index is 0.612. The first-order valence-electron chi connectivity index (χ1n) is 33.7. The van der Waals surface area contributed by atoms with E-state index in [9.17, 15) is 38.4 Å². The molecule has 0 unspecified atom stereocenters. The Hall–Kier alpha value is -9.31. The minimum absolute atomic E-state index is 0.00412. The van der Waals surface area contributed by atoms with Crippen molar-refractivity contribution in [1.82, 2.24) is 44.9 Å². The summed E-state index contributed by atoms with van der Waals surface area (Å²) < 4.78 is 54.1. The van der Waals surface area contributed by atoms with Gasteiger partial charge in [0, 0.05) is 114 Å². The minimum atomic E-state index is -0.680. The van der Waals surface area contributed by atoms with E-state index in [1.165, 1.54) is 38.4 Å². The maximum Gasteiger partial charge on any atom is 0.407 e. The number of halogens is 1. The Kier molecular flexibility index (Phi) is 32.6. The molecule has 31 nitrogen and oxygen atoms in total. The van der Waals surface area contributed by atoms with E-state index in [1.807, 2.05) is 53.4 Å². The summed E-state index contributed by atoms with van der Waals surface area (Å²) in [5.41, 5.74) is 5.12. The van der Waals surface area contributed by atoms with E-state index in [2.05, 4.69) is 65.5 Å². The number of benzene rings is 3. The molecule has 2 atom stereocenters. The van der Waals surface area contributed by atoms with Gasteiger partial charge < -0.3 is 104 Å². The number of imidazole rings is 2. The molecule has 3 aromatic heterocycles. The number of nitrogens with one attached hydrogen (secondary N) is 8. The molecule has 0 saturated carbocycles. The Morgan fingerprint density at radius 2 is 0.961 bits per heavy atom. The molecule has 0 saturated heterocycles. The monoisotopic (exact) mass is 1440 g/mol. The van der Waals surface area contributed by atoms with Crippen molar-refractivity contribution in [2.45, 2.75) is 71.6 Å². The van der Waals surface area contributed by atoms with E-state index < -0.39 is 41.2 Å². The molecule has 102 heavy (non-hydrogen) atoms. The summed E-state index contributed by atoms with van der Waals surface area (Å²) in [6.07, 6.45) is 4.38. The Morgan fingerprint density at radius 3 is 1.46 bits per heavy atom. The van der Waals surface area contributed by atoms with Crippen LogP contribution in [0.3, 0.4) is 0 Å². The van der Waals surface area contributed by atoms with Crippen LogP contribution in [0.15, 0.2) is 91.4 Å². The molecule has 8 amide bonds. The lowest BCUT2D eigenvalue weighted by atomic mass is 9.88. The second kappa shape index (κ2) is 41.6. The van der Waals surface area contributed by atoms with Crippen molar-refractivity contribution in [3.8, 4) is 11.1 Å². The van der Waals surface area contributed by atoms with Gasteiger partial charge in [0.1, 0.15) is 11.3 Å². The predicted molar refractivity (Wildman–Crippen MR) is 381 cm³/mol. The first-order valence-corrected chi connectivity index (χ1v) is 34.0. The van der Waals surface area contributed by atoms with Crippen molar-refractivity contribution in [3.63, 3.8) is 0 Å². The summed E-state index contributed by atoms with van der Waals surface area (Å²) in [6, 6.07) is 22.6. The zero-order valence-corrected chi connectivity index (χ0v) is 59.8. The summed E-state index contributed by atoms with van der Waals surface area (Å²) in [5, 5.41) is 23.0. The van der Waals surface area contributed by atoms with Crippen LogP contribution >= 0.6 is 11.6 Å². The van der Waals surface area contributed by atoms with Crippen molar-refractivity contribution >= 4 is 87.7 Å². The van der Waals surface area contributed by atoms with E-state index in [1.54, 1.807) is 61.0 Å². The normalized spacial score (nSPS) is 13.4. The number of ether oxygens (including phenoxy) is 9. The first-order chi connectivity index (χ1) is 49.0. The highest BCUT2D eigenvalue weighted by Crippen LogP contribution is 2.41. The Bertz CT molecular complexity index is 3710. The summed E-state index contributed by atoms with van der Waals surface area (Å²) >= 11 is 6.13. The average molecular weight is 1440 g/mol. The molecule has 1 aliphatic rings. The molecule has 1 aliphatic heterocycles. The standard InChI is InChI=1S/C70H95ClN14O17/c1-47-41-56(76-53-16-14-52(71)15-17-53)55-42-51(13-18-57(55)85(47)48(2)86)49-9-11-50(12-10-49)65(89)73-23-25-94-27-29-96-31-33-98-35-37-100-39-40-101-38-36-99-34-32-97-30-28-95-26-24-74-67(91)63-80-59(45-83(63)7)78-61(87)19-21-72-66(90)58-43-54(44-82(58)6)77-68(92)64-81-60(46-84(64)8)79-62(88)20-22-75-69(93)102-70(3,4)5/h9-18,42-47,56,76H,19-41H2,1-8H3,(H,72,90)(H,73,89)(H,74,91)(H,75,93)(H,77,92)(H,78,87)(H,79,88)/t47-,56+/m0/s1. The van der Waals surface area contributed by atoms with Crippen molar-refractivity contribution in [3.05, 3.63) is 125 Å². The third-order valence-corrected chi connectivity index (χ3v) is 15.5. The van der Waals surface area contributed by atoms with Crippen molar-refractivity contribution in [1.29, 1.82) is 0 Å². The van der Waals surface area contributed by atoms with Gasteiger partial charge in [-0.25, -0.2) is 14.8 Å². The zero-order chi connectivity index (χ0) is 73.4. The number of fused-ring (bicyclic) bond motifs is 1. The maximum atomic E-state index is 13.1. The van der Waals surface area contributed by atoms with Crippen LogP contribution in [-0.2, 0) is 78.2 Å². The van der Waals surface area contributed by atoms with Gasteiger partial charge in [-0.15, -0.1) is 0 Å². The van der Waals surface area contributed by atoms with Crippen LogP contribution < -0.4 is 47.4 Å². The predicted octanol–water partition coefficient (Wildman–Crippen LogP) is 6.27. The average Bonchev–Trinajstić information content (AvgIpc) is 1.10. The molecule has 554 valence electrons. The highest BCUT2D eigenvalue weighted by molar-refractivity contribution is 6.30. The minimum Gasteiger partial charge on any atom is -0.444 e. The topological polar surface area (TPSA) is 360 Å². The van der Waals surface area contributed by atoms with E-state index in [0.29, 0.717) is 122 Å². The fraction of sp³-hybridized carbons (Fsp3) is 0.486. The number of alkyl carbamates (subject to hydrolysis) is 1. The van der Waals surface area contributed by atoms with Gasteiger partial charge in [-0.3, -0.25) is 33.6 Å². The molecule has 0 radical (unpaired) electrons. The smallest absolute Gasteiger partial charge is 0.407 e. The Labute approximate surface area is 598 Å². The molecule has 3 aromatic carbocycles. The van der Waals surface area contributed by atoms with Gasteiger partial charge >= 0.3 is 6.09 Å². The molecule has 8 N–H and O–H groups in total. The van der Waals surface area contributed by atoms with E-state index in [4.69, 9.17) is 54.2 Å². The number of nitrogens with zero attached hydrogens (tertiary/aromatic N) is 6. The maximum absolute atomic E-state index is 13.1. The van der Waals surface area contributed by atoms with Gasteiger partial charge in [0.15, 0.2) is 11.6 Å². The van der Waals surface area contributed by atoms with Gasteiger partial charge in [0.2, 0.25) is 29.4 Å². The van der Waals surface area contributed by atoms with Gasteiger partial charge in [-0.05, 0) is 105 Å². The largest absolute Gasteiger partial charge is 0.444 e. The summed E-state index contributed by atoms with van der Waals surface area (Å²) in [4.78, 5) is 112. The van der Waals surface area contributed by atoms with Gasteiger partial charge in [-0.2, -0.15) is 0 Å². The van der Waals surface area contributed by atoms with Gasteiger partial charge in [0.05, 0.1) is 117 Å². The molecule has 32 heteroatoms. The summed E-state index contributed by atoms with van der Waals surface area (Å²) in [6.45, 7) is 15.4. The second-order valence-electron chi connectivity index (χ2n) is 24.5. The van der Waals surface area contributed by atoms with Crippen molar-refractivity contribution in [2.24, 2.45) is 21.1 Å². The highest BCUT2D eigenvalue weighted by atomic mass is 35.5. The molecule has 4 heterocycles. The number of amides is 8. The van der Waals surface area contributed by atoms with Crippen molar-refractivity contribution in [2.75, 3.05) is 158 Å². The zero-order valence-electron chi connectivity index (χ0n) is 59.1. The lowest BCUT2D eigenvalue weighted by Crippen LogP contribution is -2.43. The third kappa shape index (κ3) is 27.2. The molecule has 0 aliphatic carbocycles. The molecule has 0 fully saturated rings. The lowest BCUT2D eigenvalue weighted by molar-refractivity contribution is -0.117. The molecular weight excluding hydrogens is 1340 g/mol. The number of hydrogen-bond donors (Lipinski definition) is 8. The van der Waals surface area contributed by atoms with E-state index >= 15 is 0 Å². The molecule has 0 spiro atoms. The lowest BCUT2D eigenvalue weighted by Gasteiger charge is -2.39. The summed E-state index contributed by atoms with van der Waals surface area (Å²) in [5.74, 6) is -2.38. The molecule has 7 rings (SSSR count). The number of anilines is 5. The number of rotatable bonds is 43. The van der Waals surface area contributed by atoms with Crippen LogP contribution in [0.2, 0.25) is 5.02 Å². The Morgan fingerprint density at radius 1 is 0.500 bits per heavy atom. The SMILES string of the molecule is CC(=O)N1c2ccc(-c3ccc(C(=O)NCCOCCOCCOCCOCCOCCOCCOCCOCCNC(=O)c4nc(NC(=O)CCNC(=O)c5cc(NC(=O)c6nc(NC(=O)CCNC(=O)OC(C)(C)C)cn6C)cn5C)cn4C)cc3)cc2[C@H](Nc2ccc(Cl)cc2)C[C@@H]1C. The van der Waals surface area contributed by atoms with Gasteiger partial charge in [-0.1, -0.05) is 29.8 Å². The quantitative estimate of drug-likeness (QED) is 0.0196. The van der Waals surface area contributed by atoms with Crippen LogP contribution in [0.4, 0.5) is 33.5 Å². The molecule has 0 bridgehead atoms. The third-order valence-electron chi connectivity index (χ3n) is 15.2. The number of carbonyl (C=O) groups excluding carboxylic acids is 8. The van der Waals surface area contributed by atoms with Crippen LogP contribution in [0.1, 0.15) is 108 Å². The number of aromatic nitrogens is 5. The highest BCUT2D eigenvalue weighted by Gasteiger charge is 2.33. The van der Waals surface area contributed by atoms with Crippen LogP contribution in [0, 0.1) is 0 Å². The fourth-order valence-corrected chi connectivity index (χ4v) is 10.5. The van der Waals surface area contributed by atoms with Crippen molar-refractivity contribution < 1.29 is 81.0 Å². The fourth-order valence-electron chi connectivity index (χ4n) is 10.4. The second-order valence-corrected chi connectivity index (χ2v) is 25.0. The molecule has 6 aromatic rings.